The van der Waals surface area contributed by atoms with E-state index in [4.69, 9.17) is 15.7 Å². The summed E-state index contributed by atoms with van der Waals surface area (Å²) in [7, 11) is 0. The normalized spacial score (nSPS) is 9.50. The second-order valence-corrected chi connectivity index (χ2v) is 1.63. The molecule has 0 aromatic carbocycles. The van der Waals surface area contributed by atoms with Crippen molar-refractivity contribution in [2.75, 3.05) is 0 Å². The zero-order valence-electron chi connectivity index (χ0n) is 2.32. The molecule has 0 radical (unpaired) electrons. The summed E-state index contributed by atoms with van der Waals surface area (Å²) in [4.78, 5) is 0. The van der Waals surface area contributed by atoms with E-state index < -0.39 is 13.0 Å². The Morgan fingerprint density at radius 2 is 1.17 bits per heavy atom. The van der Waals surface area contributed by atoms with E-state index in [1.54, 1.807) is 0 Å². The monoisotopic (exact) mass is 294 g/mol. The van der Waals surface area contributed by atoms with Gasteiger partial charge in [0.25, 0.3) is 0 Å². The second-order valence-electron chi connectivity index (χ2n) is 0.396. The summed E-state index contributed by atoms with van der Waals surface area (Å²) < 4.78 is 33.1. The topological polar surface area (TPSA) is 71.4 Å². The molecule has 0 aliphatic rings. The fraction of sp³-hybridized carbons (Fsp3) is 0. The third-order valence-corrected chi connectivity index (χ3v) is 0. The largest absolute Gasteiger partial charge is 0 e. The molecule has 1 N–H and O–H groups in total. The summed E-state index contributed by atoms with van der Waals surface area (Å²) in [6.07, 6.45) is 0. The molecule has 6 heavy (non-hydrogen) atoms. The van der Waals surface area contributed by atoms with Gasteiger partial charge in [0.15, 0.2) is 0 Å². The van der Waals surface area contributed by atoms with E-state index in [1.807, 2.05) is 0 Å². The van der Waals surface area contributed by atoms with E-state index in [0.717, 1.165) is 0 Å². The molecule has 0 aromatic heterocycles. The van der Waals surface area contributed by atoms with Crippen LogP contribution in [0.4, 0.5) is 0 Å². The Bertz CT molecular complexity index is 129. The first-order valence-corrected chi connectivity index (χ1v) is 2.61. The summed E-state index contributed by atoms with van der Waals surface area (Å²) >= 11 is -5.38. The zero-order valence-corrected chi connectivity index (χ0v) is 5.21. The molecule has 0 saturated heterocycles. The summed E-state index contributed by atoms with van der Waals surface area (Å²) in [5.41, 5.74) is 0. The second kappa shape index (κ2) is 3.41. The van der Waals surface area contributed by atoms with Crippen LogP contribution in [0.25, 0.3) is 0 Å². The molecular formula is HMnO4Yb. The van der Waals surface area contributed by atoms with Crippen LogP contribution in [0.5, 0.6) is 0 Å². The minimum Gasteiger partial charge on any atom is 0 e. The Kier molecular flexibility index (Phi) is 5.90. The fourth-order valence-corrected chi connectivity index (χ4v) is 0. The minimum atomic E-state index is -5.38. The van der Waals surface area contributed by atoms with E-state index in [0.29, 0.717) is 0 Å². The molecule has 0 fully saturated rings. The molecule has 0 aliphatic heterocycles. The Labute approximate surface area is 74.3 Å². The van der Waals surface area contributed by atoms with E-state index >= 15 is 0 Å². The quantitative estimate of drug-likeness (QED) is 0.587. The van der Waals surface area contributed by atoms with Crippen LogP contribution in [0.3, 0.4) is 0 Å². The van der Waals surface area contributed by atoms with Crippen LogP contribution in [0.1, 0.15) is 0 Å². The van der Waals surface area contributed by atoms with Crippen LogP contribution >= 0.6 is 0 Å². The van der Waals surface area contributed by atoms with E-state index in [1.165, 1.54) is 0 Å². The Morgan fingerprint density at radius 3 is 1.17 bits per heavy atom. The average Bonchev–Trinajstić information content (AvgIpc) is 0.722. The maximum atomic E-state index is 8.69. The third-order valence-electron chi connectivity index (χ3n) is 0. The van der Waals surface area contributed by atoms with Gasteiger partial charge in [-0.05, 0) is 0 Å². The SMILES string of the molecule is [O]=[Mn](=[O])(=[O])[OH].[Yb]. The molecule has 6 heteroatoms. The molecule has 0 saturated carbocycles. The number of rotatable bonds is 0. The van der Waals surface area contributed by atoms with Crippen molar-refractivity contribution in [3.05, 3.63) is 0 Å². The van der Waals surface area contributed by atoms with Gasteiger partial charge in [-0.3, -0.25) is 0 Å². The van der Waals surface area contributed by atoms with Gasteiger partial charge < -0.3 is 0 Å². The Hall–Kier alpha value is 1.40. The first-order valence-electron chi connectivity index (χ1n) is 0.632. The first-order chi connectivity index (χ1) is 2.00. The standard InChI is InChI=1S/Mn.H2O.3O.Yb/h;1H2;;;;/q+1;;;;;/p-1. The van der Waals surface area contributed by atoms with Crippen molar-refractivity contribution < 1.29 is 75.6 Å². The predicted octanol–water partition coefficient (Wildman–Crippen LogP) is -0.916. The van der Waals surface area contributed by atoms with Crippen molar-refractivity contribution in [2.45, 2.75) is 0 Å². The maximum Gasteiger partial charge on any atom is 0 e. The molecule has 0 heterocycles. The molecule has 0 spiro atoms. The summed E-state index contributed by atoms with van der Waals surface area (Å²) in [5, 5.41) is 0. The first kappa shape index (κ1) is 10.4. The maximum absolute atomic E-state index is 8.69. The van der Waals surface area contributed by atoms with E-state index in [2.05, 4.69) is 0 Å². The minimum absolute atomic E-state index is 0. The van der Waals surface area contributed by atoms with Crippen molar-refractivity contribution in [1.82, 2.24) is 0 Å². The molecule has 0 rings (SSSR count). The molecule has 0 amide bonds. The zero-order chi connectivity index (χ0) is 4.50. The van der Waals surface area contributed by atoms with Crippen LogP contribution in [-0.4, -0.2) is 4.19 Å². The van der Waals surface area contributed by atoms with Crippen LogP contribution in [0, 0.1) is 46.9 Å². The molecule has 0 aromatic rings. The Morgan fingerprint density at radius 1 is 1.17 bits per heavy atom. The number of hydrogen-bond donors (Lipinski definition) is 1. The molecule has 0 bridgehead atoms. The molecule has 0 atom stereocenters. The van der Waals surface area contributed by atoms with E-state index in [9.17, 15) is 0 Å². The summed E-state index contributed by atoms with van der Waals surface area (Å²) in [6.45, 7) is 0. The van der Waals surface area contributed by atoms with Crippen molar-refractivity contribution in [3.63, 3.8) is 0 Å². The molecule has 0 unspecified atom stereocenters. The van der Waals surface area contributed by atoms with Crippen molar-refractivity contribution in [1.29, 1.82) is 0 Å². The van der Waals surface area contributed by atoms with Crippen molar-refractivity contribution in [3.8, 4) is 0 Å². The molecule has 46 valence electrons. The van der Waals surface area contributed by atoms with Crippen molar-refractivity contribution in [2.24, 2.45) is 0 Å². The van der Waals surface area contributed by atoms with Gasteiger partial charge in [-0.2, -0.15) is 0 Å². The third kappa shape index (κ3) is 53.4. The average molecular weight is 293 g/mol. The van der Waals surface area contributed by atoms with Crippen LogP contribution < -0.4 is 0 Å². The number of hydrogen-bond acceptors (Lipinski definition) is 3. The van der Waals surface area contributed by atoms with Crippen LogP contribution in [0.2, 0.25) is 0 Å². The van der Waals surface area contributed by atoms with Gasteiger partial charge in [0.1, 0.15) is 0 Å². The van der Waals surface area contributed by atoms with Crippen LogP contribution in [-0.2, 0) is 24.5 Å². The van der Waals surface area contributed by atoms with Crippen molar-refractivity contribution >= 4 is 0 Å². The van der Waals surface area contributed by atoms with Crippen LogP contribution in [0.15, 0.2) is 0 Å². The smallest absolute Gasteiger partial charge is 0 e. The van der Waals surface area contributed by atoms with Gasteiger partial charge in [-0.15, -0.1) is 0 Å². The predicted molar refractivity (Wildman–Crippen MR) is 4.28 cm³/mol. The molecular weight excluding hydrogens is 292 g/mol. The van der Waals surface area contributed by atoms with Gasteiger partial charge in [-0.1, -0.05) is 0 Å². The van der Waals surface area contributed by atoms with Gasteiger partial charge in [0.2, 0.25) is 0 Å². The summed E-state index contributed by atoms with van der Waals surface area (Å²) in [6, 6.07) is 0. The molecule has 4 nitrogen and oxygen atoms in total. The Balaban J connectivity index is 0. The van der Waals surface area contributed by atoms with Gasteiger partial charge >= 0.3 is 28.7 Å². The van der Waals surface area contributed by atoms with Gasteiger partial charge in [-0.25, -0.2) is 0 Å². The fourth-order valence-electron chi connectivity index (χ4n) is 0. The van der Waals surface area contributed by atoms with Gasteiger partial charge in [0, 0.05) is 46.9 Å². The summed E-state index contributed by atoms with van der Waals surface area (Å²) in [5.74, 6) is 0. The van der Waals surface area contributed by atoms with E-state index in [-0.39, 0.29) is 46.9 Å². The van der Waals surface area contributed by atoms with Gasteiger partial charge in [0.05, 0.1) is 0 Å². The molecule has 0 aliphatic carbocycles.